The Morgan fingerprint density at radius 2 is 2.00 bits per heavy atom. The van der Waals surface area contributed by atoms with E-state index < -0.39 is 0 Å². The van der Waals surface area contributed by atoms with Crippen molar-refractivity contribution < 1.29 is 9.59 Å². The molecule has 1 aliphatic heterocycles. The quantitative estimate of drug-likeness (QED) is 0.632. The van der Waals surface area contributed by atoms with Crippen molar-refractivity contribution in [3.63, 3.8) is 0 Å². The zero-order chi connectivity index (χ0) is 13.3. The molecule has 0 radical (unpaired) electrons. The minimum atomic E-state index is -0.280. The Kier molecular flexibility index (Phi) is 3.34. The molecule has 2 N–H and O–H groups in total. The van der Waals surface area contributed by atoms with Crippen LogP contribution in [-0.2, 0) is 0 Å². The molecule has 0 atom stereocenters. The van der Waals surface area contributed by atoms with Crippen LogP contribution in [0.3, 0.4) is 0 Å². The molecule has 1 aromatic rings. The van der Waals surface area contributed by atoms with Gasteiger partial charge in [0.15, 0.2) is 0 Å². The van der Waals surface area contributed by atoms with Gasteiger partial charge in [0, 0.05) is 18.8 Å². The molecule has 0 aromatic heterocycles. The topological polar surface area (TPSA) is 66.6 Å². The number of benzene rings is 1. The number of likely N-dealkylation sites (N-methyl/N-ethyl adjacent to an activating group) is 1. The average Bonchev–Trinajstić information content (AvgIpc) is 2.60. The lowest BCUT2D eigenvalue weighted by Gasteiger charge is -2.19. The number of carbonyl (C=O) groups excluding carboxylic acids is 2. The van der Waals surface area contributed by atoms with E-state index in [4.69, 9.17) is 5.73 Å². The fourth-order valence-corrected chi connectivity index (χ4v) is 1.99. The summed E-state index contributed by atoms with van der Waals surface area (Å²) in [5, 5.41) is 0. The van der Waals surface area contributed by atoms with Crippen molar-refractivity contribution in [2.24, 2.45) is 0 Å². The van der Waals surface area contributed by atoms with E-state index in [0.717, 1.165) is 6.54 Å². The van der Waals surface area contributed by atoms with E-state index >= 15 is 0 Å². The van der Waals surface area contributed by atoms with E-state index in [1.165, 1.54) is 4.90 Å². The predicted octanol–water partition coefficient (Wildman–Crippen LogP) is 0.816. The van der Waals surface area contributed by atoms with Crippen LogP contribution in [-0.4, -0.2) is 48.3 Å². The first-order valence-corrected chi connectivity index (χ1v) is 5.99. The van der Waals surface area contributed by atoms with Crippen molar-refractivity contribution in [3.8, 4) is 0 Å². The number of imide groups is 1. The number of nitrogens with two attached hydrogens (primary N) is 1. The summed E-state index contributed by atoms with van der Waals surface area (Å²) in [4.78, 5) is 27.5. The zero-order valence-corrected chi connectivity index (χ0v) is 10.6. The Morgan fingerprint density at radius 1 is 1.28 bits per heavy atom. The molecular weight excluding hydrogens is 230 g/mol. The van der Waals surface area contributed by atoms with Crippen LogP contribution >= 0.6 is 0 Å². The lowest BCUT2D eigenvalue weighted by molar-refractivity contribution is 0.0642. The summed E-state index contributed by atoms with van der Waals surface area (Å²) < 4.78 is 0. The van der Waals surface area contributed by atoms with Crippen LogP contribution in [0.15, 0.2) is 18.2 Å². The molecule has 1 aliphatic rings. The maximum Gasteiger partial charge on any atom is 0.263 e. The standard InChI is InChI=1S/C13H17N3O2/c1-3-15(2)7-8-16-12(17)9-5-4-6-10(14)11(9)13(16)18/h4-6H,3,7-8,14H2,1-2H3. The second-order valence-electron chi connectivity index (χ2n) is 4.43. The number of hydrogen-bond donors (Lipinski definition) is 1. The van der Waals surface area contributed by atoms with Crippen LogP contribution in [0.25, 0.3) is 0 Å². The van der Waals surface area contributed by atoms with Crippen molar-refractivity contribution in [3.05, 3.63) is 29.3 Å². The van der Waals surface area contributed by atoms with Gasteiger partial charge in [-0.25, -0.2) is 0 Å². The number of hydrogen-bond acceptors (Lipinski definition) is 4. The molecule has 0 aliphatic carbocycles. The molecule has 0 spiro atoms. The first-order valence-electron chi connectivity index (χ1n) is 5.99. The molecule has 5 nitrogen and oxygen atoms in total. The summed E-state index contributed by atoms with van der Waals surface area (Å²) in [7, 11) is 1.95. The second-order valence-corrected chi connectivity index (χ2v) is 4.43. The van der Waals surface area contributed by atoms with Crippen LogP contribution in [0.2, 0.25) is 0 Å². The molecule has 0 bridgehead atoms. The molecule has 2 rings (SSSR count). The van der Waals surface area contributed by atoms with Gasteiger partial charge in [-0.15, -0.1) is 0 Å². The fourth-order valence-electron chi connectivity index (χ4n) is 1.99. The summed E-state index contributed by atoms with van der Waals surface area (Å²) in [6.07, 6.45) is 0. The van der Waals surface area contributed by atoms with Gasteiger partial charge in [-0.3, -0.25) is 14.5 Å². The van der Waals surface area contributed by atoms with E-state index in [0.29, 0.717) is 29.9 Å². The highest BCUT2D eigenvalue weighted by Crippen LogP contribution is 2.27. The Balaban J connectivity index is 2.21. The van der Waals surface area contributed by atoms with Crippen molar-refractivity contribution in [1.82, 2.24) is 9.80 Å². The summed E-state index contributed by atoms with van der Waals surface area (Å²) in [6, 6.07) is 4.99. The highest BCUT2D eigenvalue weighted by atomic mass is 16.2. The molecule has 96 valence electrons. The van der Waals surface area contributed by atoms with Crippen molar-refractivity contribution in [2.45, 2.75) is 6.92 Å². The second kappa shape index (κ2) is 4.78. The van der Waals surface area contributed by atoms with Crippen molar-refractivity contribution in [2.75, 3.05) is 32.4 Å². The molecule has 0 saturated carbocycles. The molecule has 1 aromatic carbocycles. The summed E-state index contributed by atoms with van der Waals surface area (Å²) in [6.45, 7) is 3.98. The SMILES string of the molecule is CCN(C)CCN1C(=O)c2cccc(N)c2C1=O. The third-order valence-electron chi connectivity index (χ3n) is 3.28. The monoisotopic (exact) mass is 247 g/mol. The van der Waals surface area contributed by atoms with Gasteiger partial charge in [-0.2, -0.15) is 0 Å². The average molecular weight is 247 g/mol. The third kappa shape index (κ3) is 1.97. The number of rotatable bonds is 4. The fraction of sp³-hybridized carbons (Fsp3) is 0.385. The van der Waals surface area contributed by atoms with Gasteiger partial charge in [0.2, 0.25) is 0 Å². The van der Waals surface area contributed by atoms with Gasteiger partial charge in [0.1, 0.15) is 0 Å². The van der Waals surface area contributed by atoms with Gasteiger partial charge < -0.3 is 10.6 Å². The maximum atomic E-state index is 12.1. The lowest BCUT2D eigenvalue weighted by atomic mass is 10.1. The minimum absolute atomic E-state index is 0.244. The Hall–Kier alpha value is -1.88. The highest BCUT2D eigenvalue weighted by molar-refractivity contribution is 6.23. The number of fused-ring (bicyclic) bond motifs is 1. The molecule has 0 fully saturated rings. The molecule has 5 heteroatoms. The number of nitrogen functional groups attached to an aromatic ring is 1. The van der Waals surface area contributed by atoms with Crippen LogP contribution < -0.4 is 5.73 Å². The van der Waals surface area contributed by atoms with Crippen molar-refractivity contribution >= 4 is 17.5 Å². The largest absolute Gasteiger partial charge is 0.398 e. The van der Waals surface area contributed by atoms with Gasteiger partial charge in [-0.05, 0) is 25.7 Å². The van der Waals surface area contributed by atoms with Crippen LogP contribution in [0.4, 0.5) is 5.69 Å². The number of carbonyl (C=O) groups is 2. The van der Waals surface area contributed by atoms with Gasteiger partial charge >= 0.3 is 0 Å². The smallest absolute Gasteiger partial charge is 0.263 e. The summed E-state index contributed by atoms with van der Waals surface area (Å²) in [5.41, 5.74) is 6.90. The molecule has 2 amide bonds. The van der Waals surface area contributed by atoms with E-state index in [-0.39, 0.29) is 11.8 Å². The van der Waals surface area contributed by atoms with E-state index in [2.05, 4.69) is 0 Å². The first kappa shape index (κ1) is 12.6. The van der Waals surface area contributed by atoms with Gasteiger partial charge in [-0.1, -0.05) is 13.0 Å². The summed E-state index contributed by atoms with van der Waals surface area (Å²) in [5.74, 6) is -0.524. The number of anilines is 1. The van der Waals surface area contributed by atoms with Gasteiger partial charge in [0.05, 0.1) is 11.1 Å². The Labute approximate surface area is 106 Å². The molecule has 0 saturated heterocycles. The number of amides is 2. The lowest BCUT2D eigenvalue weighted by Crippen LogP contribution is -2.37. The van der Waals surface area contributed by atoms with Crippen LogP contribution in [0, 0.1) is 0 Å². The van der Waals surface area contributed by atoms with Crippen LogP contribution in [0.1, 0.15) is 27.6 Å². The van der Waals surface area contributed by atoms with E-state index in [9.17, 15) is 9.59 Å². The zero-order valence-electron chi connectivity index (χ0n) is 10.6. The summed E-state index contributed by atoms with van der Waals surface area (Å²) >= 11 is 0. The van der Waals surface area contributed by atoms with Gasteiger partial charge in [0.25, 0.3) is 11.8 Å². The first-order chi connectivity index (χ1) is 8.56. The highest BCUT2D eigenvalue weighted by Gasteiger charge is 2.36. The molecule has 0 unspecified atom stereocenters. The Bertz CT molecular complexity index is 499. The van der Waals surface area contributed by atoms with E-state index in [1.807, 2.05) is 18.9 Å². The third-order valence-corrected chi connectivity index (χ3v) is 3.28. The molecular formula is C13H17N3O2. The number of nitrogens with zero attached hydrogens (tertiary/aromatic N) is 2. The molecule has 1 heterocycles. The Morgan fingerprint density at radius 3 is 2.61 bits per heavy atom. The van der Waals surface area contributed by atoms with Crippen LogP contribution in [0.5, 0.6) is 0 Å². The predicted molar refractivity (Wildman–Crippen MR) is 69.4 cm³/mol. The molecule has 18 heavy (non-hydrogen) atoms. The minimum Gasteiger partial charge on any atom is -0.398 e. The van der Waals surface area contributed by atoms with E-state index in [1.54, 1.807) is 18.2 Å². The maximum absolute atomic E-state index is 12.1. The normalized spacial score (nSPS) is 14.5. The van der Waals surface area contributed by atoms with Crippen molar-refractivity contribution in [1.29, 1.82) is 0 Å².